The highest BCUT2D eigenvalue weighted by Crippen LogP contribution is 2.12. The molecule has 0 saturated carbocycles. The molecule has 1 saturated heterocycles. The summed E-state index contributed by atoms with van der Waals surface area (Å²) in [4.78, 5) is 20.0. The van der Waals surface area contributed by atoms with E-state index in [-0.39, 0.29) is 22.8 Å². The van der Waals surface area contributed by atoms with Crippen molar-refractivity contribution in [2.24, 2.45) is 5.16 Å². The summed E-state index contributed by atoms with van der Waals surface area (Å²) in [6.07, 6.45) is 1.23. The Morgan fingerprint density at radius 1 is 1.56 bits per heavy atom. The second kappa shape index (κ2) is 5.74. The molecule has 0 unspecified atom stereocenters. The largest absolute Gasteiger partial charge is 0.476 e. The fourth-order valence-corrected chi connectivity index (χ4v) is 1.85. The van der Waals surface area contributed by atoms with Crippen LogP contribution in [0, 0.1) is 0 Å². The monoisotopic (exact) mass is 272 g/mol. The molecule has 1 fully saturated rings. The molecule has 1 aliphatic heterocycles. The molecular formula is C9H12N4O4S. The van der Waals surface area contributed by atoms with Crippen molar-refractivity contribution in [2.45, 2.75) is 18.9 Å². The molecule has 2 heterocycles. The van der Waals surface area contributed by atoms with Crippen molar-refractivity contribution in [2.75, 3.05) is 18.9 Å². The molecule has 2 rings (SSSR count). The Kier molecular flexibility index (Phi) is 4.05. The number of carbonyl (C=O) groups is 1. The van der Waals surface area contributed by atoms with E-state index in [2.05, 4.69) is 14.5 Å². The van der Waals surface area contributed by atoms with Crippen molar-refractivity contribution in [1.82, 2.24) is 9.36 Å². The zero-order valence-corrected chi connectivity index (χ0v) is 10.2. The molecule has 1 aromatic rings. The predicted molar refractivity (Wildman–Crippen MR) is 63.4 cm³/mol. The van der Waals surface area contributed by atoms with Crippen LogP contribution in [0.4, 0.5) is 5.13 Å². The predicted octanol–water partition coefficient (Wildman–Crippen LogP) is 0.105. The van der Waals surface area contributed by atoms with Crippen LogP contribution in [0.1, 0.15) is 18.7 Å². The summed E-state index contributed by atoms with van der Waals surface area (Å²) >= 11 is 0.909. The molecular weight excluding hydrogens is 260 g/mol. The molecule has 98 valence electrons. The number of carboxylic acid groups (broad SMARTS) is 1. The molecule has 3 N–H and O–H groups in total. The second-order valence-electron chi connectivity index (χ2n) is 3.62. The molecule has 0 aromatic carbocycles. The van der Waals surface area contributed by atoms with Gasteiger partial charge in [0.1, 0.15) is 6.10 Å². The van der Waals surface area contributed by atoms with Crippen LogP contribution in [0.15, 0.2) is 5.16 Å². The number of oxime groups is 1. The van der Waals surface area contributed by atoms with E-state index in [0.29, 0.717) is 26.1 Å². The average Bonchev–Trinajstić information content (AvgIpc) is 2.77. The minimum Gasteiger partial charge on any atom is -0.476 e. The van der Waals surface area contributed by atoms with Crippen molar-refractivity contribution in [3.05, 3.63) is 5.82 Å². The van der Waals surface area contributed by atoms with Crippen LogP contribution < -0.4 is 5.73 Å². The lowest BCUT2D eigenvalue weighted by Crippen LogP contribution is -2.24. The van der Waals surface area contributed by atoms with E-state index < -0.39 is 5.97 Å². The van der Waals surface area contributed by atoms with Gasteiger partial charge in [-0.25, -0.2) is 4.79 Å². The van der Waals surface area contributed by atoms with Crippen molar-refractivity contribution < 1.29 is 19.5 Å². The molecule has 0 aliphatic carbocycles. The number of nitrogens with zero attached hydrogens (tertiary/aromatic N) is 3. The Bertz CT molecular complexity index is 455. The van der Waals surface area contributed by atoms with E-state index in [9.17, 15) is 4.79 Å². The Balaban J connectivity index is 2.07. The standard InChI is InChI=1S/C9H12N4O4S/c10-9-11-7(13-18-9)6(8(14)15)12-17-5-1-3-16-4-2-5/h5H,1-4H2,(H,14,15)(H2,10,11,13)/b12-6-. The number of carboxylic acids is 1. The highest BCUT2D eigenvalue weighted by atomic mass is 32.1. The summed E-state index contributed by atoms with van der Waals surface area (Å²) in [5.41, 5.74) is 5.06. The van der Waals surface area contributed by atoms with Gasteiger partial charge >= 0.3 is 5.97 Å². The lowest BCUT2D eigenvalue weighted by atomic mass is 10.2. The number of hydrogen-bond donors (Lipinski definition) is 2. The fraction of sp³-hybridized carbons (Fsp3) is 0.556. The minimum absolute atomic E-state index is 0.0305. The number of nitrogens with two attached hydrogens (primary N) is 1. The third kappa shape index (κ3) is 3.14. The maximum Gasteiger partial charge on any atom is 0.362 e. The quantitative estimate of drug-likeness (QED) is 0.589. The van der Waals surface area contributed by atoms with E-state index in [4.69, 9.17) is 20.4 Å². The topological polar surface area (TPSA) is 120 Å². The summed E-state index contributed by atoms with van der Waals surface area (Å²) in [5.74, 6) is -1.28. The van der Waals surface area contributed by atoms with Gasteiger partial charge in [0.05, 0.1) is 13.2 Å². The van der Waals surface area contributed by atoms with E-state index in [1.165, 1.54) is 0 Å². The van der Waals surface area contributed by atoms with Crippen LogP contribution in [-0.2, 0) is 14.4 Å². The first kappa shape index (κ1) is 12.7. The second-order valence-corrected chi connectivity index (χ2v) is 4.40. The average molecular weight is 272 g/mol. The van der Waals surface area contributed by atoms with E-state index in [0.717, 1.165) is 11.5 Å². The summed E-state index contributed by atoms with van der Waals surface area (Å²) in [5, 5.41) is 12.8. The Labute approximate surface area is 107 Å². The van der Waals surface area contributed by atoms with E-state index in [1.54, 1.807) is 0 Å². The summed E-state index contributed by atoms with van der Waals surface area (Å²) in [6.45, 7) is 1.18. The molecule has 0 bridgehead atoms. The Morgan fingerprint density at radius 3 is 2.83 bits per heavy atom. The zero-order valence-electron chi connectivity index (χ0n) is 9.40. The van der Waals surface area contributed by atoms with Crippen LogP contribution >= 0.6 is 11.5 Å². The smallest absolute Gasteiger partial charge is 0.362 e. The third-order valence-electron chi connectivity index (χ3n) is 2.32. The zero-order chi connectivity index (χ0) is 13.0. The van der Waals surface area contributed by atoms with Crippen LogP contribution in [-0.4, -0.2) is 45.5 Å². The van der Waals surface area contributed by atoms with E-state index >= 15 is 0 Å². The number of ether oxygens (including phenoxy) is 1. The number of hydrogen-bond acceptors (Lipinski definition) is 8. The first-order valence-corrected chi connectivity index (χ1v) is 6.08. The molecule has 9 heteroatoms. The van der Waals surface area contributed by atoms with Gasteiger partial charge in [0, 0.05) is 24.4 Å². The van der Waals surface area contributed by atoms with Gasteiger partial charge in [-0.2, -0.15) is 9.36 Å². The molecule has 0 radical (unpaired) electrons. The normalized spacial score (nSPS) is 17.7. The number of rotatable bonds is 4. The van der Waals surface area contributed by atoms with Crippen LogP contribution in [0.2, 0.25) is 0 Å². The molecule has 1 aromatic heterocycles. The van der Waals surface area contributed by atoms with Crippen molar-refractivity contribution >= 4 is 28.3 Å². The van der Waals surface area contributed by atoms with Gasteiger partial charge in [-0.3, -0.25) is 0 Å². The number of aromatic nitrogens is 2. The minimum atomic E-state index is -1.25. The molecule has 0 atom stereocenters. The SMILES string of the molecule is Nc1nc(/C(=N/OC2CCOCC2)C(=O)O)ns1. The van der Waals surface area contributed by atoms with Gasteiger partial charge in [0.15, 0.2) is 5.13 Å². The maximum atomic E-state index is 11.0. The van der Waals surface area contributed by atoms with E-state index in [1.807, 2.05) is 0 Å². The third-order valence-corrected chi connectivity index (χ3v) is 2.86. The highest BCUT2D eigenvalue weighted by molar-refractivity contribution is 7.09. The van der Waals surface area contributed by atoms with Crippen molar-refractivity contribution in [3.8, 4) is 0 Å². The van der Waals surface area contributed by atoms with Gasteiger partial charge in [-0.1, -0.05) is 5.16 Å². The summed E-state index contributed by atoms with van der Waals surface area (Å²) in [7, 11) is 0. The van der Waals surface area contributed by atoms with Gasteiger partial charge in [0.25, 0.3) is 0 Å². The number of anilines is 1. The first-order valence-electron chi connectivity index (χ1n) is 5.31. The van der Waals surface area contributed by atoms with Crippen molar-refractivity contribution in [3.63, 3.8) is 0 Å². The van der Waals surface area contributed by atoms with Gasteiger partial charge in [-0.15, -0.1) is 0 Å². The molecule has 8 nitrogen and oxygen atoms in total. The molecule has 1 aliphatic rings. The van der Waals surface area contributed by atoms with Crippen LogP contribution in [0.25, 0.3) is 0 Å². The van der Waals surface area contributed by atoms with Crippen LogP contribution in [0.3, 0.4) is 0 Å². The lowest BCUT2D eigenvalue weighted by molar-refractivity contribution is -0.129. The molecule has 0 amide bonds. The van der Waals surface area contributed by atoms with Gasteiger partial charge < -0.3 is 20.4 Å². The van der Waals surface area contributed by atoms with Crippen LogP contribution in [0.5, 0.6) is 0 Å². The molecule has 0 spiro atoms. The first-order chi connectivity index (χ1) is 8.66. The lowest BCUT2D eigenvalue weighted by Gasteiger charge is -2.19. The maximum absolute atomic E-state index is 11.0. The highest BCUT2D eigenvalue weighted by Gasteiger charge is 2.21. The van der Waals surface area contributed by atoms with Crippen molar-refractivity contribution in [1.29, 1.82) is 0 Å². The Hall–Kier alpha value is -1.74. The summed E-state index contributed by atoms with van der Waals surface area (Å²) in [6, 6.07) is 0. The fourth-order valence-electron chi connectivity index (χ4n) is 1.42. The summed E-state index contributed by atoms with van der Waals surface area (Å²) < 4.78 is 8.95. The van der Waals surface area contributed by atoms with Gasteiger partial charge in [-0.05, 0) is 0 Å². The number of nitrogen functional groups attached to an aromatic ring is 1. The van der Waals surface area contributed by atoms with Gasteiger partial charge in [0.2, 0.25) is 11.5 Å². The Morgan fingerprint density at radius 2 is 2.28 bits per heavy atom. The molecule has 18 heavy (non-hydrogen) atoms. The number of aliphatic carboxylic acids is 1.